The normalized spacial score (nSPS) is 25.6. The fourth-order valence-electron chi connectivity index (χ4n) is 4.44. The van der Waals surface area contributed by atoms with Crippen molar-refractivity contribution < 1.29 is 22.3 Å². The number of rotatable bonds is 6. The molecule has 2 aromatic rings. The van der Waals surface area contributed by atoms with Crippen molar-refractivity contribution in [3.05, 3.63) is 65.2 Å². The summed E-state index contributed by atoms with van der Waals surface area (Å²) in [5, 5.41) is 0.582. The molecule has 2 fully saturated rings. The summed E-state index contributed by atoms with van der Waals surface area (Å²) in [7, 11) is 0. The highest BCUT2D eigenvalue weighted by Gasteiger charge is 2.34. The van der Waals surface area contributed by atoms with E-state index in [1.54, 1.807) is 6.92 Å². The number of hydrogen-bond donors (Lipinski definition) is 0. The summed E-state index contributed by atoms with van der Waals surface area (Å²) in [5.41, 5.74) is -0.304. The molecule has 2 aliphatic heterocycles. The Morgan fingerprint density at radius 1 is 0.853 bits per heavy atom. The van der Waals surface area contributed by atoms with Gasteiger partial charge >= 0.3 is 0 Å². The molecule has 34 heavy (non-hydrogen) atoms. The van der Waals surface area contributed by atoms with Gasteiger partial charge in [-0.05, 0) is 56.1 Å². The number of benzene rings is 2. The van der Waals surface area contributed by atoms with Crippen LogP contribution in [-0.4, -0.2) is 33.7 Å². The van der Waals surface area contributed by atoms with Crippen LogP contribution in [0.15, 0.2) is 36.4 Å². The first-order valence-electron chi connectivity index (χ1n) is 11.5. The Morgan fingerprint density at radius 2 is 1.53 bits per heavy atom. The van der Waals surface area contributed by atoms with Gasteiger partial charge in [0.25, 0.3) is 0 Å². The zero-order valence-corrected chi connectivity index (χ0v) is 21.6. The average molecular weight is 529 g/mol. The molecule has 2 unspecified atom stereocenters. The van der Waals surface area contributed by atoms with Gasteiger partial charge in [-0.1, -0.05) is 24.3 Å². The first kappa shape index (κ1) is 25.8. The van der Waals surface area contributed by atoms with Crippen LogP contribution in [0.1, 0.15) is 38.2 Å². The van der Waals surface area contributed by atoms with Crippen molar-refractivity contribution in [3.63, 3.8) is 0 Å². The Bertz CT molecular complexity index is 1030. The first-order chi connectivity index (χ1) is 16.4. The lowest BCUT2D eigenvalue weighted by molar-refractivity contribution is 0.314. The molecular formula is C26H28F4OS3. The summed E-state index contributed by atoms with van der Waals surface area (Å²) in [6, 6.07) is 5.33. The van der Waals surface area contributed by atoms with Gasteiger partial charge in [-0.15, -0.1) is 23.5 Å². The lowest BCUT2D eigenvalue weighted by atomic mass is 9.96. The van der Waals surface area contributed by atoms with E-state index in [0.717, 1.165) is 17.3 Å². The molecule has 1 nitrogen and oxygen atoms in total. The summed E-state index contributed by atoms with van der Waals surface area (Å²) in [4.78, 5) is 0. The second-order valence-electron chi connectivity index (χ2n) is 8.47. The lowest BCUT2D eigenvalue weighted by Crippen LogP contribution is -2.29. The van der Waals surface area contributed by atoms with Crippen LogP contribution in [0, 0.1) is 29.2 Å². The quantitative estimate of drug-likeness (QED) is 0.275. The Kier molecular flexibility index (Phi) is 8.86. The number of allylic oxidation sites excluding steroid dienone is 2. The van der Waals surface area contributed by atoms with E-state index in [1.165, 1.54) is 37.1 Å². The predicted octanol–water partition coefficient (Wildman–Crippen LogP) is 8.29. The van der Waals surface area contributed by atoms with Gasteiger partial charge in [0.1, 0.15) is 0 Å². The summed E-state index contributed by atoms with van der Waals surface area (Å²) in [6.45, 7) is 3.88. The molecule has 4 rings (SSSR count). The zero-order valence-electron chi connectivity index (χ0n) is 19.2. The van der Waals surface area contributed by atoms with Crippen molar-refractivity contribution in [1.29, 1.82) is 0 Å². The zero-order chi connectivity index (χ0) is 24.2. The summed E-state index contributed by atoms with van der Waals surface area (Å²) < 4.78 is 64.4. The first-order valence-corrected chi connectivity index (χ1v) is 14.7. The molecule has 2 saturated heterocycles. The minimum atomic E-state index is -1.25. The molecule has 0 N–H and O–H groups in total. The summed E-state index contributed by atoms with van der Waals surface area (Å²) in [5.74, 6) is -1.71. The van der Waals surface area contributed by atoms with Crippen molar-refractivity contribution in [3.8, 4) is 16.9 Å². The molecule has 2 heterocycles. The third-order valence-electron chi connectivity index (χ3n) is 6.23. The Morgan fingerprint density at radius 3 is 2.15 bits per heavy atom. The second-order valence-corrected chi connectivity index (χ2v) is 12.4. The lowest BCUT2D eigenvalue weighted by Gasteiger charge is -2.36. The van der Waals surface area contributed by atoms with Gasteiger partial charge in [-0.3, -0.25) is 0 Å². The van der Waals surface area contributed by atoms with E-state index in [1.807, 2.05) is 35.3 Å². The molecule has 2 atom stereocenters. The van der Waals surface area contributed by atoms with E-state index < -0.39 is 23.3 Å². The van der Waals surface area contributed by atoms with Gasteiger partial charge in [-0.25, -0.2) is 13.2 Å². The van der Waals surface area contributed by atoms with Crippen LogP contribution in [-0.2, 0) is 0 Å². The minimum absolute atomic E-state index is 0.124. The SMILES string of the molecule is C/C=C/C1CCC(C2SCC(c3ccc(-c4ccc(OCC)c(F)c4F)c(F)c3F)CS2)SC1. The average Bonchev–Trinajstić information content (AvgIpc) is 2.85. The molecule has 0 radical (unpaired) electrons. The van der Waals surface area contributed by atoms with Gasteiger partial charge in [-0.2, -0.15) is 16.2 Å². The highest BCUT2D eigenvalue weighted by atomic mass is 32.2. The molecule has 0 spiro atoms. The van der Waals surface area contributed by atoms with Crippen LogP contribution in [0.3, 0.4) is 0 Å². The molecule has 184 valence electrons. The fourth-order valence-corrected chi connectivity index (χ4v) is 9.76. The van der Waals surface area contributed by atoms with Gasteiger partial charge in [0.05, 0.1) is 11.2 Å². The monoisotopic (exact) mass is 528 g/mol. The smallest absolute Gasteiger partial charge is 0.201 e. The van der Waals surface area contributed by atoms with E-state index in [4.69, 9.17) is 4.74 Å². The third kappa shape index (κ3) is 5.44. The molecule has 2 aliphatic rings. The van der Waals surface area contributed by atoms with Crippen LogP contribution >= 0.6 is 35.3 Å². The minimum Gasteiger partial charge on any atom is -0.491 e. The Hall–Kier alpha value is -1.25. The fraction of sp³-hybridized carbons (Fsp3) is 0.462. The van der Waals surface area contributed by atoms with Gasteiger partial charge in [0, 0.05) is 33.8 Å². The molecule has 0 aliphatic carbocycles. The molecule has 0 aromatic heterocycles. The summed E-state index contributed by atoms with van der Waals surface area (Å²) >= 11 is 5.67. The topological polar surface area (TPSA) is 9.23 Å². The van der Waals surface area contributed by atoms with Crippen LogP contribution in [0.4, 0.5) is 17.6 Å². The number of halogens is 4. The Balaban J connectivity index is 1.45. The van der Waals surface area contributed by atoms with Gasteiger partial charge in [0.2, 0.25) is 5.82 Å². The second kappa shape index (κ2) is 11.7. The van der Waals surface area contributed by atoms with E-state index in [9.17, 15) is 8.78 Å². The predicted molar refractivity (Wildman–Crippen MR) is 138 cm³/mol. The number of hydrogen-bond acceptors (Lipinski definition) is 4. The van der Waals surface area contributed by atoms with Crippen molar-refractivity contribution >= 4 is 35.3 Å². The third-order valence-corrected chi connectivity index (χ3v) is 11.4. The number of ether oxygens (including phenoxy) is 1. The number of thioether (sulfide) groups is 3. The van der Waals surface area contributed by atoms with Crippen LogP contribution in [0.2, 0.25) is 0 Å². The van der Waals surface area contributed by atoms with Crippen LogP contribution in [0.25, 0.3) is 11.1 Å². The standard InChI is InChI=1S/C26H28F4OS3/c1-3-5-15-6-11-21(32-12-15)26-33-13-16(14-34-26)17-7-8-18(23(28)22(17)27)19-9-10-20(31-4-2)25(30)24(19)29/h3,5,7-10,15-16,21,26H,4,6,11-14H2,1-2H3/b5-3+. The van der Waals surface area contributed by atoms with Crippen molar-refractivity contribution in [2.24, 2.45) is 5.92 Å². The molecule has 0 bridgehead atoms. The maximum atomic E-state index is 15.1. The van der Waals surface area contributed by atoms with E-state index in [2.05, 4.69) is 19.1 Å². The van der Waals surface area contributed by atoms with Crippen molar-refractivity contribution in [1.82, 2.24) is 0 Å². The van der Waals surface area contributed by atoms with Crippen LogP contribution in [0.5, 0.6) is 5.75 Å². The van der Waals surface area contributed by atoms with Gasteiger partial charge in [0.15, 0.2) is 23.2 Å². The Labute approximate surface area is 211 Å². The molecule has 0 saturated carbocycles. The highest BCUT2D eigenvalue weighted by molar-refractivity contribution is 8.18. The molecule has 2 aromatic carbocycles. The van der Waals surface area contributed by atoms with Crippen molar-refractivity contribution in [2.75, 3.05) is 23.9 Å². The maximum Gasteiger partial charge on any atom is 0.201 e. The van der Waals surface area contributed by atoms with Crippen molar-refractivity contribution in [2.45, 2.75) is 42.4 Å². The molecular weight excluding hydrogens is 500 g/mol. The maximum absolute atomic E-state index is 15.1. The highest BCUT2D eigenvalue weighted by Crippen LogP contribution is 2.47. The van der Waals surface area contributed by atoms with Crippen LogP contribution < -0.4 is 4.74 Å². The van der Waals surface area contributed by atoms with E-state index in [-0.39, 0.29) is 29.4 Å². The molecule has 0 amide bonds. The summed E-state index contributed by atoms with van der Waals surface area (Å²) in [6.07, 6.45) is 6.79. The van der Waals surface area contributed by atoms with E-state index in [0.29, 0.717) is 21.3 Å². The molecule has 8 heteroatoms. The van der Waals surface area contributed by atoms with E-state index >= 15 is 8.78 Å². The van der Waals surface area contributed by atoms with Gasteiger partial charge < -0.3 is 4.74 Å². The largest absolute Gasteiger partial charge is 0.491 e.